The lowest BCUT2D eigenvalue weighted by atomic mass is 10.1. The molecule has 1 aliphatic heterocycles. The zero-order valence-electron chi connectivity index (χ0n) is 13.4. The highest BCUT2D eigenvalue weighted by Gasteiger charge is 2.33. The van der Waals surface area contributed by atoms with Crippen molar-refractivity contribution in [2.45, 2.75) is 13.0 Å². The summed E-state index contributed by atoms with van der Waals surface area (Å²) in [4.78, 5) is 37.3. The molecular weight excluding hydrogens is 344 g/mol. The Labute approximate surface area is 149 Å². The number of halogens is 1. The SMILES string of the molecule is CC(C(=O)Nc1ccccc1Cl)N1C(=O)COc2ccc(C=O)cc21. The second-order valence-electron chi connectivity index (χ2n) is 5.54. The number of nitrogens with one attached hydrogen (secondary N) is 1. The molecule has 0 aliphatic carbocycles. The van der Waals surface area contributed by atoms with Gasteiger partial charge in [-0.3, -0.25) is 19.3 Å². The molecule has 1 aliphatic rings. The average molecular weight is 359 g/mol. The molecule has 1 N–H and O–H groups in total. The number of hydrogen-bond donors (Lipinski definition) is 1. The zero-order chi connectivity index (χ0) is 18.0. The first-order valence-corrected chi connectivity index (χ1v) is 7.98. The predicted octanol–water partition coefficient (Wildman–Crippen LogP) is 2.91. The highest BCUT2D eigenvalue weighted by molar-refractivity contribution is 6.33. The van der Waals surface area contributed by atoms with E-state index in [1.807, 2.05) is 0 Å². The van der Waals surface area contributed by atoms with Crippen LogP contribution in [0.3, 0.4) is 0 Å². The maximum absolute atomic E-state index is 12.6. The second-order valence-corrected chi connectivity index (χ2v) is 5.95. The quantitative estimate of drug-likeness (QED) is 0.853. The first kappa shape index (κ1) is 17.0. The number of amides is 2. The van der Waals surface area contributed by atoms with Gasteiger partial charge in [-0.2, -0.15) is 0 Å². The summed E-state index contributed by atoms with van der Waals surface area (Å²) in [6.07, 6.45) is 0.673. The first-order chi connectivity index (χ1) is 12.0. The van der Waals surface area contributed by atoms with Crippen molar-refractivity contribution in [3.8, 4) is 5.75 Å². The average Bonchev–Trinajstić information content (AvgIpc) is 2.62. The van der Waals surface area contributed by atoms with Gasteiger partial charge < -0.3 is 10.1 Å². The predicted molar refractivity (Wildman–Crippen MR) is 94.4 cm³/mol. The number of carbonyl (C=O) groups is 3. The molecule has 0 radical (unpaired) electrons. The van der Waals surface area contributed by atoms with E-state index in [0.29, 0.717) is 34.0 Å². The summed E-state index contributed by atoms with van der Waals surface area (Å²) < 4.78 is 5.37. The van der Waals surface area contributed by atoms with Crippen LogP contribution >= 0.6 is 11.6 Å². The number of rotatable bonds is 4. The van der Waals surface area contributed by atoms with Gasteiger partial charge in [0.1, 0.15) is 18.1 Å². The van der Waals surface area contributed by atoms with E-state index < -0.39 is 11.9 Å². The van der Waals surface area contributed by atoms with Crippen LogP contribution in [0.15, 0.2) is 42.5 Å². The van der Waals surface area contributed by atoms with Gasteiger partial charge in [0.15, 0.2) is 6.61 Å². The fourth-order valence-corrected chi connectivity index (χ4v) is 2.79. The minimum atomic E-state index is -0.812. The number of fused-ring (bicyclic) bond motifs is 1. The van der Waals surface area contributed by atoms with Crippen LogP contribution < -0.4 is 15.0 Å². The Balaban J connectivity index is 1.90. The third kappa shape index (κ3) is 3.34. The molecule has 1 unspecified atom stereocenters. The summed E-state index contributed by atoms with van der Waals surface area (Å²) >= 11 is 6.05. The van der Waals surface area contributed by atoms with E-state index in [9.17, 15) is 14.4 Å². The summed E-state index contributed by atoms with van der Waals surface area (Å²) in [6.45, 7) is 1.43. The number of benzene rings is 2. The first-order valence-electron chi connectivity index (χ1n) is 7.60. The molecule has 0 bridgehead atoms. The van der Waals surface area contributed by atoms with Crippen molar-refractivity contribution in [1.82, 2.24) is 0 Å². The minimum absolute atomic E-state index is 0.169. The summed E-state index contributed by atoms with van der Waals surface area (Å²) in [5.41, 5.74) is 1.24. The number of anilines is 2. The van der Waals surface area contributed by atoms with Crippen molar-refractivity contribution in [2.75, 3.05) is 16.8 Å². The Morgan fingerprint density at radius 1 is 1.32 bits per heavy atom. The molecule has 2 amide bonds. The van der Waals surface area contributed by atoms with Crippen LogP contribution in [0.2, 0.25) is 5.02 Å². The van der Waals surface area contributed by atoms with Crippen LogP contribution in [0.25, 0.3) is 0 Å². The van der Waals surface area contributed by atoms with E-state index in [2.05, 4.69) is 5.32 Å². The van der Waals surface area contributed by atoms with Gasteiger partial charge in [-0.1, -0.05) is 23.7 Å². The van der Waals surface area contributed by atoms with Gasteiger partial charge in [0.25, 0.3) is 5.91 Å². The van der Waals surface area contributed by atoms with Crippen molar-refractivity contribution >= 4 is 41.1 Å². The molecule has 0 fully saturated rings. The van der Waals surface area contributed by atoms with Gasteiger partial charge in [-0.05, 0) is 37.3 Å². The van der Waals surface area contributed by atoms with Crippen molar-refractivity contribution in [3.63, 3.8) is 0 Å². The van der Waals surface area contributed by atoms with E-state index in [-0.39, 0.29) is 12.5 Å². The van der Waals surface area contributed by atoms with Crippen molar-refractivity contribution in [3.05, 3.63) is 53.1 Å². The number of ether oxygens (including phenoxy) is 1. The molecule has 2 aromatic carbocycles. The molecule has 25 heavy (non-hydrogen) atoms. The standard InChI is InChI=1S/C18H15ClN2O4/c1-11(18(24)20-14-5-3-2-4-13(14)19)21-15-8-12(9-22)6-7-16(15)25-10-17(21)23/h2-9,11H,10H2,1H3,(H,20,24). The molecule has 0 aromatic heterocycles. The normalized spacial score (nSPS) is 14.3. The fourth-order valence-electron chi connectivity index (χ4n) is 2.60. The molecule has 0 saturated carbocycles. The highest BCUT2D eigenvalue weighted by atomic mass is 35.5. The zero-order valence-corrected chi connectivity index (χ0v) is 14.1. The van der Waals surface area contributed by atoms with Gasteiger partial charge in [-0.15, -0.1) is 0 Å². The summed E-state index contributed by atoms with van der Waals surface area (Å²) in [7, 11) is 0. The maximum Gasteiger partial charge on any atom is 0.265 e. The molecule has 3 rings (SSSR count). The van der Waals surface area contributed by atoms with E-state index in [0.717, 1.165) is 0 Å². The number of aldehydes is 1. The molecule has 0 saturated heterocycles. The molecular formula is C18H15ClN2O4. The van der Waals surface area contributed by atoms with Crippen molar-refractivity contribution < 1.29 is 19.1 Å². The van der Waals surface area contributed by atoms with E-state index >= 15 is 0 Å². The summed E-state index contributed by atoms with van der Waals surface area (Å²) in [5, 5.41) is 3.11. The van der Waals surface area contributed by atoms with Gasteiger partial charge in [0.2, 0.25) is 5.91 Å². The molecule has 6 nitrogen and oxygen atoms in total. The maximum atomic E-state index is 12.6. The lowest BCUT2D eigenvalue weighted by molar-refractivity contribution is -0.125. The highest BCUT2D eigenvalue weighted by Crippen LogP contribution is 2.34. The monoisotopic (exact) mass is 358 g/mol. The second kappa shape index (κ2) is 6.94. The Morgan fingerprint density at radius 2 is 2.08 bits per heavy atom. The molecule has 0 spiro atoms. The Bertz CT molecular complexity index is 853. The van der Waals surface area contributed by atoms with Crippen molar-refractivity contribution in [2.24, 2.45) is 0 Å². The number of para-hydroxylation sites is 1. The topological polar surface area (TPSA) is 75.7 Å². The number of hydrogen-bond acceptors (Lipinski definition) is 4. The number of carbonyl (C=O) groups excluding carboxylic acids is 3. The van der Waals surface area contributed by atoms with Crippen LogP contribution in [-0.2, 0) is 9.59 Å². The fraction of sp³-hybridized carbons (Fsp3) is 0.167. The van der Waals surface area contributed by atoms with Gasteiger partial charge in [0.05, 0.1) is 16.4 Å². The summed E-state index contributed by atoms with van der Waals surface area (Å²) in [6, 6.07) is 10.7. The van der Waals surface area contributed by atoms with E-state index in [4.69, 9.17) is 16.3 Å². The van der Waals surface area contributed by atoms with Gasteiger partial charge in [-0.25, -0.2) is 0 Å². The Kier molecular flexibility index (Phi) is 4.72. The van der Waals surface area contributed by atoms with Crippen molar-refractivity contribution in [1.29, 1.82) is 0 Å². The molecule has 1 atom stereocenters. The third-order valence-corrected chi connectivity index (χ3v) is 4.23. The lowest BCUT2D eigenvalue weighted by Crippen LogP contribution is -2.49. The summed E-state index contributed by atoms with van der Waals surface area (Å²) in [5.74, 6) is -0.314. The van der Waals surface area contributed by atoms with E-state index in [1.165, 1.54) is 11.0 Å². The van der Waals surface area contributed by atoms with Crippen LogP contribution in [0, 0.1) is 0 Å². The lowest BCUT2D eigenvalue weighted by Gasteiger charge is -2.33. The third-order valence-electron chi connectivity index (χ3n) is 3.90. The van der Waals surface area contributed by atoms with Gasteiger partial charge in [0, 0.05) is 5.56 Å². The van der Waals surface area contributed by atoms with E-state index in [1.54, 1.807) is 43.3 Å². The molecule has 128 valence electrons. The minimum Gasteiger partial charge on any atom is -0.482 e. The Morgan fingerprint density at radius 3 is 2.80 bits per heavy atom. The van der Waals surface area contributed by atoms with Crippen LogP contribution in [0.1, 0.15) is 17.3 Å². The number of nitrogens with zero attached hydrogens (tertiary/aromatic N) is 1. The molecule has 1 heterocycles. The molecule has 2 aromatic rings. The van der Waals surface area contributed by atoms with Crippen LogP contribution in [0.5, 0.6) is 5.75 Å². The van der Waals surface area contributed by atoms with Crippen LogP contribution in [-0.4, -0.2) is 30.7 Å². The van der Waals surface area contributed by atoms with Crippen LogP contribution in [0.4, 0.5) is 11.4 Å². The smallest absolute Gasteiger partial charge is 0.265 e. The molecule has 7 heteroatoms. The largest absolute Gasteiger partial charge is 0.482 e. The Hall–Kier alpha value is -2.86. The van der Waals surface area contributed by atoms with Gasteiger partial charge >= 0.3 is 0 Å².